The molecule has 4 N–H and O–H groups in total. The van der Waals surface area contributed by atoms with E-state index in [0.717, 1.165) is 6.54 Å². The predicted molar refractivity (Wildman–Crippen MR) is 101 cm³/mol. The van der Waals surface area contributed by atoms with Crippen molar-refractivity contribution in [2.24, 2.45) is 5.73 Å². The molecule has 0 fully saturated rings. The lowest BCUT2D eigenvalue weighted by Gasteiger charge is -2.04. The molecule has 146 valence electrons. The van der Waals surface area contributed by atoms with Crippen LogP contribution in [0.15, 0.2) is 8.76 Å². The zero-order chi connectivity index (χ0) is 20.0. The van der Waals surface area contributed by atoms with Gasteiger partial charge in [0.2, 0.25) is 16.9 Å². The Kier molecular flexibility index (Phi) is 7.19. The van der Waals surface area contributed by atoms with Crippen LogP contribution in [0.4, 0.5) is 11.0 Å². The van der Waals surface area contributed by atoms with E-state index in [0.29, 0.717) is 9.47 Å². The van der Waals surface area contributed by atoms with Gasteiger partial charge in [0.15, 0.2) is 4.34 Å². The van der Waals surface area contributed by atoms with E-state index in [2.05, 4.69) is 20.8 Å². The maximum Gasteiger partial charge on any atom is 0.342 e. The van der Waals surface area contributed by atoms with E-state index >= 15 is 0 Å². The van der Waals surface area contributed by atoms with Crippen LogP contribution in [-0.2, 0) is 9.53 Å². The first-order valence-corrected chi connectivity index (χ1v) is 9.77. The number of rotatable bonds is 9. The van der Waals surface area contributed by atoms with Gasteiger partial charge in [-0.1, -0.05) is 23.1 Å². The van der Waals surface area contributed by atoms with E-state index in [-0.39, 0.29) is 35.1 Å². The standard InChI is InChI=1S/C15H19N5O5S2/c1-4-17-14-19-20-15(27-14)26-6-8(21)18-12-10(11(16)22)9(7(3)25-12)13(23)24-5-2/h4-6H2,1-3H3,(H2,16,22)(H,17,19)(H,18,21). The summed E-state index contributed by atoms with van der Waals surface area (Å²) in [7, 11) is 0. The number of nitrogens with one attached hydrogen (secondary N) is 2. The van der Waals surface area contributed by atoms with Crippen LogP contribution in [0.3, 0.4) is 0 Å². The largest absolute Gasteiger partial charge is 0.462 e. The van der Waals surface area contributed by atoms with Gasteiger partial charge in [0, 0.05) is 6.54 Å². The second-order valence-corrected chi connectivity index (χ2v) is 7.26. The Morgan fingerprint density at radius 1 is 1.26 bits per heavy atom. The summed E-state index contributed by atoms with van der Waals surface area (Å²) in [5.41, 5.74) is 5.04. The molecular formula is C15H19N5O5S2. The lowest BCUT2D eigenvalue weighted by molar-refractivity contribution is -0.113. The van der Waals surface area contributed by atoms with E-state index in [1.807, 2.05) is 6.92 Å². The van der Waals surface area contributed by atoms with Gasteiger partial charge in [-0.25, -0.2) is 4.79 Å². The second-order valence-electron chi connectivity index (χ2n) is 5.06. The van der Waals surface area contributed by atoms with Crippen molar-refractivity contribution >= 4 is 51.9 Å². The van der Waals surface area contributed by atoms with Gasteiger partial charge < -0.3 is 20.2 Å². The molecule has 2 amide bonds. The summed E-state index contributed by atoms with van der Waals surface area (Å²) in [6, 6.07) is 0. The number of thioether (sulfide) groups is 1. The molecule has 0 aliphatic heterocycles. The first-order chi connectivity index (χ1) is 12.9. The maximum atomic E-state index is 12.2. The minimum Gasteiger partial charge on any atom is -0.462 e. The number of hydrogen-bond donors (Lipinski definition) is 3. The highest BCUT2D eigenvalue weighted by molar-refractivity contribution is 8.01. The van der Waals surface area contributed by atoms with Gasteiger partial charge in [-0.3, -0.25) is 14.9 Å². The van der Waals surface area contributed by atoms with E-state index in [9.17, 15) is 14.4 Å². The van der Waals surface area contributed by atoms with Gasteiger partial charge in [-0.05, 0) is 20.8 Å². The number of aromatic nitrogens is 2. The Hall–Kier alpha value is -2.60. The number of aryl methyl sites for hydroxylation is 1. The van der Waals surface area contributed by atoms with Gasteiger partial charge in [0.1, 0.15) is 16.9 Å². The Balaban J connectivity index is 2.09. The van der Waals surface area contributed by atoms with Crippen molar-refractivity contribution in [2.75, 3.05) is 29.5 Å². The van der Waals surface area contributed by atoms with Crippen molar-refractivity contribution in [2.45, 2.75) is 25.1 Å². The highest BCUT2D eigenvalue weighted by atomic mass is 32.2. The fourth-order valence-electron chi connectivity index (χ4n) is 2.10. The summed E-state index contributed by atoms with van der Waals surface area (Å²) < 4.78 is 10.9. The van der Waals surface area contributed by atoms with Crippen LogP contribution >= 0.6 is 23.1 Å². The normalized spacial score (nSPS) is 10.5. The molecule has 0 atom stereocenters. The molecule has 0 aliphatic carbocycles. The molecule has 0 aliphatic rings. The molecular weight excluding hydrogens is 394 g/mol. The Labute approximate surface area is 163 Å². The highest BCUT2D eigenvalue weighted by Crippen LogP contribution is 2.29. The highest BCUT2D eigenvalue weighted by Gasteiger charge is 2.29. The Morgan fingerprint density at radius 3 is 2.63 bits per heavy atom. The minimum atomic E-state index is -0.905. The number of esters is 1. The second kappa shape index (κ2) is 9.37. The van der Waals surface area contributed by atoms with E-state index in [1.165, 1.54) is 30.0 Å². The number of hydrogen-bond acceptors (Lipinski definition) is 10. The fourth-order valence-corrected chi connectivity index (χ4v) is 3.72. The number of amides is 2. The van der Waals surface area contributed by atoms with Crippen molar-refractivity contribution in [1.82, 2.24) is 10.2 Å². The smallest absolute Gasteiger partial charge is 0.342 e. The topological polar surface area (TPSA) is 149 Å². The third-order valence-electron chi connectivity index (χ3n) is 3.12. The lowest BCUT2D eigenvalue weighted by atomic mass is 10.1. The molecule has 10 nitrogen and oxygen atoms in total. The summed E-state index contributed by atoms with van der Waals surface area (Å²) in [4.78, 5) is 36.0. The van der Waals surface area contributed by atoms with Gasteiger partial charge >= 0.3 is 5.97 Å². The quantitative estimate of drug-likeness (QED) is 0.413. The molecule has 12 heteroatoms. The number of carbonyl (C=O) groups excluding carboxylic acids is 3. The Morgan fingerprint density at radius 2 is 2.00 bits per heavy atom. The van der Waals surface area contributed by atoms with Crippen LogP contribution < -0.4 is 16.4 Å². The molecule has 2 aromatic rings. The number of ether oxygens (including phenoxy) is 1. The van der Waals surface area contributed by atoms with Crippen molar-refractivity contribution in [3.8, 4) is 0 Å². The molecule has 2 rings (SSSR count). The fraction of sp³-hybridized carbons (Fsp3) is 0.400. The summed E-state index contributed by atoms with van der Waals surface area (Å²) in [5, 5.41) is 14.0. The zero-order valence-electron chi connectivity index (χ0n) is 15.0. The van der Waals surface area contributed by atoms with Crippen LogP contribution in [0, 0.1) is 6.92 Å². The number of nitrogens with zero attached hydrogens (tertiary/aromatic N) is 2. The summed E-state index contributed by atoms with van der Waals surface area (Å²) in [5.74, 6) is -2.15. The van der Waals surface area contributed by atoms with Crippen LogP contribution in [0.2, 0.25) is 0 Å². The molecule has 0 spiro atoms. The minimum absolute atomic E-state index is 0.00739. The first-order valence-electron chi connectivity index (χ1n) is 7.97. The average molecular weight is 413 g/mol. The molecule has 0 aromatic carbocycles. The van der Waals surface area contributed by atoms with Crippen LogP contribution in [0.1, 0.15) is 40.3 Å². The van der Waals surface area contributed by atoms with Gasteiger partial charge in [-0.15, -0.1) is 10.2 Å². The van der Waals surface area contributed by atoms with Gasteiger partial charge in [-0.2, -0.15) is 0 Å². The molecule has 2 heterocycles. The molecule has 2 aromatic heterocycles. The first kappa shape index (κ1) is 20.7. The molecule has 0 saturated carbocycles. The number of furan rings is 1. The molecule has 0 radical (unpaired) electrons. The molecule has 0 unspecified atom stereocenters. The lowest BCUT2D eigenvalue weighted by Crippen LogP contribution is -2.21. The predicted octanol–water partition coefficient (Wildman–Crippen LogP) is 1.88. The third-order valence-corrected chi connectivity index (χ3v) is 5.14. The monoisotopic (exact) mass is 413 g/mol. The number of anilines is 2. The molecule has 0 saturated heterocycles. The van der Waals surface area contributed by atoms with E-state index in [4.69, 9.17) is 14.9 Å². The van der Waals surface area contributed by atoms with Crippen LogP contribution in [-0.4, -0.2) is 46.9 Å². The van der Waals surface area contributed by atoms with Crippen molar-refractivity contribution < 1.29 is 23.5 Å². The number of primary amides is 1. The number of nitrogens with two attached hydrogens (primary N) is 1. The van der Waals surface area contributed by atoms with Crippen molar-refractivity contribution in [3.63, 3.8) is 0 Å². The SMILES string of the molecule is CCNc1nnc(SCC(=O)Nc2oc(C)c(C(=O)OCC)c2C(N)=O)s1. The van der Waals surface area contributed by atoms with Crippen LogP contribution in [0.25, 0.3) is 0 Å². The molecule has 27 heavy (non-hydrogen) atoms. The summed E-state index contributed by atoms with van der Waals surface area (Å²) >= 11 is 2.50. The van der Waals surface area contributed by atoms with Crippen LogP contribution in [0.5, 0.6) is 0 Å². The maximum absolute atomic E-state index is 12.2. The van der Waals surface area contributed by atoms with Crippen molar-refractivity contribution in [3.05, 3.63) is 16.9 Å². The van der Waals surface area contributed by atoms with E-state index < -0.39 is 17.8 Å². The van der Waals surface area contributed by atoms with Crippen molar-refractivity contribution in [1.29, 1.82) is 0 Å². The summed E-state index contributed by atoms with van der Waals surface area (Å²) in [6.45, 7) is 5.89. The summed E-state index contributed by atoms with van der Waals surface area (Å²) in [6.07, 6.45) is 0. The van der Waals surface area contributed by atoms with E-state index in [1.54, 1.807) is 6.92 Å². The average Bonchev–Trinajstić information content (AvgIpc) is 3.17. The zero-order valence-corrected chi connectivity index (χ0v) is 16.6. The third kappa shape index (κ3) is 5.20. The molecule has 0 bridgehead atoms. The Bertz CT molecular complexity index is 848. The van der Waals surface area contributed by atoms with Gasteiger partial charge in [0.25, 0.3) is 5.91 Å². The number of carbonyl (C=O) groups is 3. The van der Waals surface area contributed by atoms with Gasteiger partial charge in [0.05, 0.1) is 12.4 Å².